The number of allylic oxidation sites excluding steroid dienone is 1. The van der Waals surface area contributed by atoms with Crippen molar-refractivity contribution in [3.63, 3.8) is 0 Å². The predicted octanol–water partition coefficient (Wildman–Crippen LogP) is 34.6. The van der Waals surface area contributed by atoms with Crippen LogP contribution in [0, 0.1) is 30.6 Å². The molecule has 11 heterocycles. The molecule has 0 spiro atoms. The quantitative estimate of drug-likeness (QED) is 0.0280. The van der Waals surface area contributed by atoms with Crippen LogP contribution in [0.25, 0.3) is 66.2 Å². The number of carbonyl (C=O) groups excluding carboxylic acids is 4. The standard InChI is InChI=1S/C107H150N4O4S8/c1-10-18-26-34-38-46-54-77(50-42-30-22-14-5)72-108-100(96-97(105(108)113)101(93-69-89-84(119-93)62-64-117-89)109(104(96)112)73-78(51-43-31-23-15-6)55-47-39-35-27-19-11-2)83(116)67-86-76(9)66-87(121-86)81-58-60-82(61-59-81)88-68-91-92(122-88)71-95(123-91)103-99-98(106(114)111(103)75-80(53-45-33-25-17-8)57-49-41-37-29-21-13-4)102(94-70-90-85(120-94)63-65-118-90)110(107(99)115)74-79(52-44-32-24-16-7)56-48-40-36-28-20-12-3/h58-66,68-71,77-80H,10-57,67,72-75H2,1-9H3. The summed E-state index contributed by atoms with van der Waals surface area (Å²) in [5, 5.41) is 4.33. The maximum absolute atomic E-state index is 16.2. The number of amides is 4. The maximum Gasteiger partial charge on any atom is 0.261 e. The zero-order chi connectivity index (χ0) is 86.4. The van der Waals surface area contributed by atoms with E-state index in [2.05, 4.69) is 155 Å². The molecule has 16 heteroatoms. The topological polar surface area (TPSA) is 81.2 Å². The lowest BCUT2D eigenvalue weighted by atomic mass is 9.93. The zero-order valence-electron chi connectivity index (χ0n) is 77.0. The third-order valence-electron chi connectivity index (χ3n) is 27.1. The number of rotatable bonds is 64. The highest BCUT2D eigenvalue weighted by atomic mass is 32.1. The summed E-state index contributed by atoms with van der Waals surface area (Å²) < 4.78 is 7.20. The van der Waals surface area contributed by atoms with Gasteiger partial charge in [-0.1, -0.05) is 349 Å². The number of thiophene rings is 7. The van der Waals surface area contributed by atoms with Crippen molar-refractivity contribution in [1.82, 2.24) is 19.6 Å². The van der Waals surface area contributed by atoms with Crippen LogP contribution in [0.4, 0.5) is 0 Å². The number of carbonyl (C=O) groups is 4. The fourth-order valence-electron chi connectivity index (χ4n) is 19.9. The average Bonchev–Trinajstić information content (AvgIpc) is 1.55. The molecule has 0 aliphatic carbocycles. The summed E-state index contributed by atoms with van der Waals surface area (Å²) >= 11 is 19.2. The molecular formula is C107H150N4O4S8. The lowest BCUT2D eigenvalue weighted by molar-refractivity contribution is -0.125. The molecule has 4 atom stereocenters. The Morgan fingerprint density at radius 2 is 0.553 bits per heavy atom. The van der Waals surface area contributed by atoms with Crippen LogP contribution in [0.1, 0.15) is 389 Å². The summed E-state index contributed by atoms with van der Waals surface area (Å²) in [6.45, 7) is 23.0. The van der Waals surface area contributed by atoms with Gasteiger partial charge in [0.15, 0.2) is 0 Å². The van der Waals surface area contributed by atoms with Gasteiger partial charge in [0.25, 0.3) is 23.6 Å². The molecule has 4 amide bonds. The van der Waals surface area contributed by atoms with Crippen molar-refractivity contribution in [3.8, 4) is 20.9 Å². The van der Waals surface area contributed by atoms with E-state index in [1.807, 2.05) is 16.2 Å². The molecule has 0 radical (unpaired) electrons. The smallest absolute Gasteiger partial charge is 0.261 e. The van der Waals surface area contributed by atoms with Crippen LogP contribution in [-0.4, -0.2) is 74.3 Å². The van der Waals surface area contributed by atoms with Crippen LogP contribution >= 0.6 is 91.6 Å². The first kappa shape index (κ1) is 96.9. The second-order valence-corrected chi connectivity index (χ2v) is 44.9. The normalized spacial score (nSPS) is 15.6. The van der Waals surface area contributed by atoms with E-state index < -0.39 is 0 Å². The molecule has 670 valence electrons. The highest BCUT2D eigenvalue weighted by molar-refractivity contribution is 7.80. The van der Waals surface area contributed by atoms with Crippen molar-refractivity contribution in [2.45, 2.75) is 377 Å². The van der Waals surface area contributed by atoms with Crippen molar-refractivity contribution >= 4 is 165 Å². The highest BCUT2D eigenvalue weighted by Gasteiger charge is 2.52. The van der Waals surface area contributed by atoms with E-state index in [-0.39, 0.29) is 23.6 Å². The molecule has 0 fully saturated rings. The summed E-state index contributed by atoms with van der Waals surface area (Å²) in [6.07, 6.45) is 58.1. The predicted molar refractivity (Wildman–Crippen MR) is 545 cm³/mol. The molecule has 0 N–H and O–H groups in total. The van der Waals surface area contributed by atoms with Crippen LogP contribution in [-0.2, 0) is 25.6 Å². The van der Waals surface area contributed by atoms with Crippen LogP contribution in [0.5, 0.6) is 0 Å². The fraction of sp³-hybridized carbons (Fsp3) is 0.617. The Kier molecular flexibility index (Phi) is 39.9. The number of aryl methyl sites for hydroxylation is 1. The van der Waals surface area contributed by atoms with E-state index in [0.29, 0.717) is 89.1 Å². The number of hydrogen-bond acceptors (Lipinski definition) is 12. The van der Waals surface area contributed by atoms with Gasteiger partial charge in [0.2, 0.25) is 0 Å². The van der Waals surface area contributed by atoms with E-state index in [9.17, 15) is 0 Å². The molecule has 0 saturated heterocycles. The minimum absolute atomic E-state index is 0.0191. The van der Waals surface area contributed by atoms with Gasteiger partial charge in [-0.2, -0.15) is 0 Å². The molecule has 12 rings (SSSR count). The van der Waals surface area contributed by atoms with Gasteiger partial charge in [0.1, 0.15) is 0 Å². The van der Waals surface area contributed by atoms with Crippen molar-refractivity contribution in [2.24, 2.45) is 23.7 Å². The Bertz CT molecular complexity index is 4710. The summed E-state index contributed by atoms with van der Waals surface area (Å²) in [6, 6.07) is 25.1. The molecule has 4 aliphatic rings. The summed E-state index contributed by atoms with van der Waals surface area (Å²) in [5.74, 6) is 1.30. The maximum atomic E-state index is 16.2. The van der Waals surface area contributed by atoms with Crippen molar-refractivity contribution in [1.29, 1.82) is 0 Å². The summed E-state index contributed by atoms with van der Waals surface area (Å²) in [7, 11) is 0. The SMILES string of the molecule is CCCCCCCCC(CCCCCC)CN1C(=O)C2=C(c3cc4sccc4s3)N(CC(CCCCCC)CCCCCCCC)C(=O)C2=C1C(=S)Cc1sc(-c2ccc(-c3cc4sc(C5=C6C(=O)N(CC(CCCCCC)CCCCCCCC)C(c7cc8sccc8s7)=C6C(=O)N5CC(CCCCCC)CCCCCCCC)cc4s3)cc2)cc1C. The van der Waals surface area contributed by atoms with E-state index in [0.717, 1.165) is 126 Å². The number of nitrogens with zero attached hydrogens (tertiary/aromatic N) is 4. The Morgan fingerprint density at radius 1 is 0.293 bits per heavy atom. The average molecular weight is 1810 g/mol. The monoisotopic (exact) mass is 1810 g/mol. The van der Waals surface area contributed by atoms with Gasteiger partial charge in [-0.15, -0.1) is 79.4 Å². The Hall–Kier alpha value is -5.17. The van der Waals surface area contributed by atoms with Gasteiger partial charge < -0.3 is 19.6 Å². The number of thiocarbonyl (C=S) groups is 1. The summed E-state index contributed by atoms with van der Waals surface area (Å²) in [4.78, 5) is 80.6. The van der Waals surface area contributed by atoms with Crippen LogP contribution < -0.4 is 0 Å². The largest absolute Gasteiger partial charge is 0.306 e. The first-order chi connectivity index (χ1) is 60.2. The van der Waals surface area contributed by atoms with Crippen molar-refractivity contribution in [3.05, 3.63) is 131 Å². The molecule has 1 aromatic carbocycles. The van der Waals surface area contributed by atoms with Crippen LogP contribution in [0.2, 0.25) is 0 Å². The molecule has 7 aromatic heterocycles. The summed E-state index contributed by atoms with van der Waals surface area (Å²) in [5.41, 5.74) is 9.14. The zero-order valence-corrected chi connectivity index (χ0v) is 83.5. The third-order valence-corrected chi connectivity index (χ3v) is 35.3. The number of fused-ring (bicyclic) bond motifs is 5. The van der Waals surface area contributed by atoms with E-state index in [1.165, 1.54) is 273 Å². The van der Waals surface area contributed by atoms with Crippen molar-refractivity contribution < 1.29 is 19.2 Å². The molecular weight excluding hydrogens is 1660 g/mol. The molecule has 123 heavy (non-hydrogen) atoms. The minimum atomic E-state index is -0.0330. The first-order valence-corrected chi connectivity index (χ1v) is 56.0. The van der Waals surface area contributed by atoms with E-state index in [1.54, 1.807) is 68.0 Å². The van der Waals surface area contributed by atoms with Gasteiger partial charge in [-0.05, 0) is 152 Å². The lowest BCUT2D eigenvalue weighted by Crippen LogP contribution is -2.37. The molecule has 8 aromatic rings. The van der Waals surface area contributed by atoms with Crippen LogP contribution in [0.15, 0.2) is 105 Å². The Labute approximate surface area is 775 Å². The second-order valence-electron chi connectivity index (χ2n) is 37.0. The van der Waals surface area contributed by atoms with Gasteiger partial charge >= 0.3 is 0 Å². The lowest BCUT2D eigenvalue weighted by Gasteiger charge is -2.30. The molecule has 0 saturated carbocycles. The molecule has 4 aliphatic heterocycles. The Balaban J connectivity index is 0.859. The van der Waals surface area contributed by atoms with Gasteiger partial charge in [0.05, 0.1) is 59.7 Å². The first-order valence-electron chi connectivity index (χ1n) is 49.7. The van der Waals surface area contributed by atoms with Crippen molar-refractivity contribution in [2.75, 3.05) is 26.2 Å². The van der Waals surface area contributed by atoms with E-state index in [4.69, 9.17) is 12.2 Å². The fourth-order valence-corrected chi connectivity index (χ4v) is 28.3. The highest BCUT2D eigenvalue weighted by Crippen LogP contribution is 2.54. The van der Waals surface area contributed by atoms with Gasteiger partial charge in [-0.25, -0.2) is 0 Å². The molecule has 0 bridgehead atoms. The van der Waals surface area contributed by atoms with E-state index >= 15 is 19.2 Å². The second kappa shape index (κ2) is 50.7. The number of benzene rings is 1. The van der Waals surface area contributed by atoms with Gasteiger partial charge in [0, 0.05) is 80.3 Å². The Morgan fingerprint density at radius 3 is 0.894 bits per heavy atom. The van der Waals surface area contributed by atoms with Crippen LogP contribution in [0.3, 0.4) is 0 Å². The minimum Gasteiger partial charge on any atom is -0.306 e. The number of hydrogen-bond donors (Lipinski definition) is 0. The number of unbranched alkanes of at least 4 members (excludes halogenated alkanes) is 32. The molecule has 4 unspecified atom stereocenters. The van der Waals surface area contributed by atoms with Gasteiger partial charge in [-0.3, -0.25) is 19.2 Å². The third kappa shape index (κ3) is 25.7. The molecule has 8 nitrogen and oxygen atoms in total.